The van der Waals surface area contributed by atoms with E-state index in [1.165, 1.54) is 43.4 Å². The van der Waals surface area contributed by atoms with Crippen molar-refractivity contribution in [1.82, 2.24) is 14.5 Å². The standard InChI is InChI=1S/C22H31N3O/c1-4-7-20-16-19(9-10-22(20)26-3)17-25-13-6-5-8-21(25)11-14-24-15-12-23-18(24)2/h4,9-10,12,15-16,21H,1,5-8,11,13-14,17H2,2-3H3. The summed E-state index contributed by atoms with van der Waals surface area (Å²) in [6.45, 7) is 9.21. The molecule has 140 valence electrons. The van der Waals surface area contributed by atoms with Gasteiger partial charge in [-0.25, -0.2) is 4.98 Å². The van der Waals surface area contributed by atoms with Gasteiger partial charge < -0.3 is 9.30 Å². The molecule has 1 unspecified atom stereocenters. The van der Waals surface area contributed by atoms with Gasteiger partial charge in [0, 0.05) is 31.5 Å². The largest absolute Gasteiger partial charge is 0.496 e. The summed E-state index contributed by atoms with van der Waals surface area (Å²) in [6.07, 6.45) is 11.9. The van der Waals surface area contributed by atoms with Gasteiger partial charge in [-0.15, -0.1) is 6.58 Å². The number of ether oxygens (including phenoxy) is 1. The number of allylic oxidation sites excluding steroid dienone is 1. The normalized spacial score (nSPS) is 18.0. The summed E-state index contributed by atoms with van der Waals surface area (Å²) in [7, 11) is 1.74. The van der Waals surface area contributed by atoms with Gasteiger partial charge in [0.2, 0.25) is 0 Å². The maximum atomic E-state index is 5.49. The fourth-order valence-electron chi connectivity index (χ4n) is 4.00. The van der Waals surface area contributed by atoms with E-state index < -0.39 is 0 Å². The molecule has 3 rings (SSSR count). The Morgan fingerprint density at radius 3 is 2.96 bits per heavy atom. The fraction of sp³-hybridized carbons (Fsp3) is 0.500. The summed E-state index contributed by atoms with van der Waals surface area (Å²) in [4.78, 5) is 7.00. The first kappa shape index (κ1) is 18.7. The average molecular weight is 354 g/mol. The summed E-state index contributed by atoms with van der Waals surface area (Å²) in [5.41, 5.74) is 2.59. The number of benzene rings is 1. The molecule has 1 fully saturated rings. The molecule has 1 aliphatic heterocycles. The first-order chi connectivity index (χ1) is 12.7. The first-order valence-electron chi connectivity index (χ1n) is 9.69. The maximum Gasteiger partial charge on any atom is 0.122 e. The van der Waals surface area contributed by atoms with Gasteiger partial charge in [0.1, 0.15) is 11.6 Å². The molecular weight excluding hydrogens is 322 g/mol. The number of likely N-dealkylation sites (tertiary alicyclic amines) is 1. The molecule has 1 aromatic carbocycles. The van der Waals surface area contributed by atoms with Crippen LogP contribution in [0.4, 0.5) is 0 Å². The van der Waals surface area contributed by atoms with Crippen molar-refractivity contribution in [1.29, 1.82) is 0 Å². The Morgan fingerprint density at radius 1 is 1.35 bits per heavy atom. The Labute approximate surface area is 157 Å². The van der Waals surface area contributed by atoms with Crippen LogP contribution in [0.1, 0.15) is 42.6 Å². The average Bonchev–Trinajstić information content (AvgIpc) is 3.06. The first-order valence-corrected chi connectivity index (χ1v) is 9.69. The van der Waals surface area contributed by atoms with Gasteiger partial charge in [-0.2, -0.15) is 0 Å². The summed E-state index contributed by atoms with van der Waals surface area (Å²) in [6, 6.07) is 7.24. The third-order valence-corrected chi connectivity index (χ3v) is 5.47. The van der Waals surface area contributed by atoms with Crippen LogP contribution in [-0.2, 0) is 19.5 Å². The van der Waals surface area contributed by atoms with Gasteiger partial charge in [0.05, 0.1) is 7.11 Å². The number of hydrogen-bond donors (Lipinski definition) is 0. The number of methoxy groups -OCH3 is 1. The molecule has 0 bridgehead atoms. The molecule has 1 saturated heterocycles. The lowest BCUT2D eigenvalue weighted by Gasteiger charge is -2.36. The van der Waals surface area contributed by atoms with E-state index in [2.05, 4.69) is 52.3 Å². The fourth-order valence-corrected chi connectivity index (χ4v) is 4.00. The summed E-state index contributed by atoms with van der Waals surface area (Å²) >= 11 is 0. The van der Waals surface area contributed by atoms with E-state index in [9.17, 15) is 0 Å². The van der Waals surface area contributed by atoms with Crippen molar-refractivity contribution in [3.05, 3.63) is 60.2 Å². The van der Waals surface area contributed by atoms with Crippen molar-refractivity contribution in [2.75, 3.05) is 13.7 Å². The van der Waals surface area contributed by atoms with E-state index in [1.54, 1.807) is 7.11 Å². The number of hydrogen-bond acceptors (Lipinski definition) is 3. The van der Waals surface area contributed by atoms with Gasteiger partial charge >= 0.3 is 0 Å². The molecule has 0 N–H and O–H groups in total. The smallest absolute Gasteiger partial charge is 0.122 e. The molecule has 2 heterocycles. The molecule has 0 amide bonds. The topological polar surface area (TPSA) is 30.3 Å². The summed E-state index contributed by atoms with van der Waals surface area (Å²) < 4.78 is 7.75. The van der Waals surface area contributed by atoms with Crippen molar-refractivity contribution in [2.45, 2.75) is 58.2 Å². The zero-order chi connectivity index (χ0) is 18.4. The van der Waals surface area contributed by atoms with Crippen molar-refractivity contribution in [3.8, 4) is 5.75 Å². The highest BCUT2D eigenvalue weighted by molar-refractivity contribution is 5.38. The van der Waals surface area contributed by atoms with E-state index in [4.69, 9.17) is 4.74 Å². The van der Waals surface area contributed by atoms with Crippen LogP contribution in [0.5, 0.6) is 5.75 Å². The number of nitrogens with zero attached hydrogens (tertiary/aromatic N) is 3. The minimum absolute atomic E-state index is 0.649. The molecule has 1 atom stereocenters. The lowest BCUT2D eigenvalue weighted by Crippen LogP contribution is -2.39. The second kappa shape index (κ2) is 9.04. The Bertz CT molecular complexity index is 722. The van der Waals surface area contributed by atoms with Gasteiger partial charge in [-0.1, -0.05) is 24.6 Å². The van der Waals surface area contributed by atoms with Crippen LogP contribution in [-0.4, -0.2) is 34.1 Å². The van der Waals surface area contributed by atoms with Crippen molar-refractivity contribution in [3.63, 3.8) is 0 Å². The van der Waals surface area contributed by atoms with Crippen LogP contribution in [0.15, 0.2) is 43.2 Å². The summed E-state index contributed by atoms with van der Waals surface area (Å²) in [5.74, 6) is 2.07. The highest BCUT2D eigenvalue weighted by atomic mass is 16.5. The van der Waals surface area contributed by atoms with Crippen LogP contribution in [0, 0.1) is 6.92 Å². The third-order valence-electron chi connectivity index (χ3n) is 5.47. The number of rotatable bonds is 8. The predicted octanol–water partition coefficient (Wildman–Crippen LogP) is 4.37. The molecule has 0 aliphatic carbocycles. The molecular formula is C22H31N3O. The SMILES string of the molecule is C=CCc1cc(CN2CCCCC2CCn2ccnc2C)ccc1OC. The number of aromatic nitrogens is 2. The van der Waals surface area contributed by atoms with E-state index in [0.717, 1.165) is 31.1 Å². The minimum atomic E-state index is 0.649. The molecule has 1 aromatic heterocycles. The number of imidazole rings is 1. The van der Waals surface area contributed by atoms with Gasteiger partial charge in [-0.05, 0) is 56.3 Å². The highest BCUT2D eigenvalue weighted by Crippen LogP contribution is 2.26. The zero-order valence-electron chi connectivity index (χ0n) is 16.2. The van der Waals surface area contributed by atoms with Crippen molar-refractivity contribution >= 4 is 0 Å². The maximum absolute atomic E-state index is 5.49. The molecule has 0 saturated carbocycles. The molecule has 4 heteroatoms. The Balaban J connectivity index is 1.67. The molecule has 0 spiro atoms. The van der Waals surface area contributed by atoms with Gasteiger partial charge in [0.25, 0.3) is 0 Å². The third kappa shape index (κ3) is 4.55. The Kier molecular flexibility index (Phi) is 6.51. The molecule has 0 radical (unpaired) electrons. The molecule has 26 heavy (non-hydrogen) atoms. The summed E-state index contributed by atoms with van der Waals surface area (Å²) in [5, 5.41) is 0. The van der Waals surface area contributed by atoms with Crippen LogP contribution in [0.25, 0.3) is 0 Å². The predicted molar refractivity (Wildman–Crippen MR) is 107 cm³/mol. The Hall–Kier alpha value is -2.07. The minimum Gasteiger partial charge on any atom is -0.496 e. The van der Waals surface area contributed by atoms with Crippen LogP contribution in [0.3, 0.4) is 0 Å². The number of piperidine rings is 1. The van der Waals surface area contributed by atoms with Gasteiger partial charge in [-0.3, -0.25) is 4.90 Å². The van der Waals surface area contributed by atoms with E-state index in [0.29, 0.717) is 6.04 Å². The van der Waals surface area contributed by atoms with Gasteiger partial charge in [0.15, 0.2) is 0 Å². The highest BCUT2D eigenvalue weighted by Gasteiger charge is 2.22. The second-order valence-electron chi connectivity index (χ2n) is 7.22. The lowest BCUT2D eigenvalue weighted by molar-refractivity contribution is 0.128. The second-order valence-corrected chi connectivity index (χ2v) is 7.22. The monoisotopic (exact) mass is 353 g/mol. The lowest BCUT2D eigenvalue weighted by atomic mass is 9.97. The van der Waals surface area contributed by atoms with Crippen molar-refractivity contribution in [2.24, 2.45) is 0 Å². The van der Waals surface area contributed by atoms with Crippen LogP contribution in [0.2, 0.25) is 0 Å². The zero-order valence-corrected chi connectivity index (χ0v) is 16.2. The quantitative estimate of drug-likeness (QED) is 0.660. The van der Waals surface area contributed by atoms with E-state index in [-0.39, 0.29) is 0 Å². The molecule has 1 aliphatic rings. The molecule has 2 aromatic rings. The van der Waals surface area contributed by atoms with Crippen LogP contribution < -0.4 is 4.74 Å². The van der Waals surface area contributed by atoms with E-state index >= 15 is 0 Å². The Morgan fingerprint density at radius 2 is 2.23 bits per heavy atom. The van der Waals surface area contributed by atoms with E-state index in [1.807, 2.05) is 12.3 Å². The number of aryl methyl sites for hydroxylation is 2. The molecule has 4 nitrogen and oxygen atoms in total. The van der Waals surface area contributed by atoms with Crippen LogP contribution >= 0.6 is 0 Å². The van der Waals surface area contributed by atoms with Crippen molar-refractivity contribution < 1.29 is 4.74 Å².